The molecule has 0 bridgehead atoms. The molecule has 1 N–H and O–H groups in total. The molecule has 5 nitrogen and oxygen atoms in total. The Bertz CT molecular complexity index is 799. The molecular formula is C18H20N4O. The Hall–Kier alpha value is -2.40. The number of aromatic nitrogens is 3. The van der Waals surface area contributed by atoms with E-state index in [2.05, 4.69) is 28.2 Å². The van der Waals surface area contributed by atoms with Crippen LogP contribution in [0.1, 0.15) is 12.8 Å². The standard InChI is InChI=1S/C18H20N4O/c23-11-8-14-7-10-21(13-14)18-12-16(15-4-2-1-3-5-15)20-17-6-9-19-22(17)18/h1-6,9,12,14,23H,7-8,10-11,13H2. The van der Waals surface area contributed by atoms with Gasteiger partial charge in [0.25, 0.3) is 0 Å². The van der Waals surface area contributed by atoms with Crippen LogP contribution in [-0.2, 0) is 0 Å². The predicted molar refractivity (Wildman–Crippen MR) is 90.4 cm³/mol. The van der Waals surface area contributed by atoms with Gasteiger partial charge in [-0.25, -0.2) is 4.98 Å². The number of hydrogen-bond donors (Lipinski definition) is 1. The fraction of sp³-hybridized carbons (Fsp3) is 0.333. The number of nitrogens with zero attached hydrogens (tertiary/aromatic N) is 4. The summed E-state index contributed by atoms with van der Waals surface area (Å²) in [5.74, 6) is 1.64. The van der Waals surface area contributed by atoms with E-state index in [-0.39, 0.29) is 6.61 Å². The molecule has 0 radical (unpaired) electrons. The minimum Gasteiger partial charge on any atom is -0.396 e. The number of benzene rings is 1. The third-order valence-corrected chi connectivity index (χ3v) is 4.56. The highest BCUT2D eigenvalue weighted by Gasteiger charge is 2.24. The van der Waals surface area contributed by atoms with E-state index in [1.165, 1.54) is 0 Å². The van der Waals surface area contributed by atoms with Crippen molar-refractivity contribution in [3.05, 3.63) is 48.7 Å². The van der Waals surface area contributed by atoms with Crippen LogP contribution < -0.4 is 4.90 Å². The van der Waals surface area contributed by atoms with E-state index >= 15 is 0 Å². The van der Waals surface area contributed by atoms with E-state index < -0.39 is 0 Å². The molecule has 1 fully saturated rings. The molecule has 118 valence electrons. The smallest absolute Gasteiger partial charge is 0.157 e. The lowest BCUT2D eigenvalue weighted by Crippen LogP contribution is -2.23. The van der Waals surface area contributed by atoms with Crippen LogP contribution in [0, 0.1) is 5.92 Å². The molecule has 4 rings (SSSR count). The van der Waals surface area contributed by atoms with Crippen molar-refractivity contribution in [2.45, 2.75) is 12.8 Å². The fourth-order valence-corrected chi connectivity index (χ4v) is 3.34. The Morgan fingerprint density at radius 1 is 1.17 bits per heavy atom. The Morgan fingerprint density at radius 3 is 2.87 bits per heavy atom. The molecule has 1 aromatic carbocycles. The van der Waals surface area contributed by atoms with Crippen LogP contribution in [0.5, 0.6) is 0 Å². The molecule has 0 amide bonds. The first-order chi connectivity index (χ1) is 11.3. The number of anilines is 1. The van der Waals surface area contributed by atoms with Crippen LogP contribution >= 0.6 is 0 Å². The SMILES string of the molecule is OCCC1CCN(c2cc(-c3ccccc3)nc3ccnn23)C1. The lowest BCUT2D eigenvalue weighted by molar-refractivity contribution is 0.263. The van der Waals surface area contributed by atoms with E-state index in [1.54, 1.807) is 6.20 Å². The van der Waals surface area contributed by atoms with Gasteiger partial charge in [0.15, 0.2) is 5.65 Å². The van der Waals surface area contributed by atoms with E-state index in [0.29, 0.717) is 5.92 Å². The summed E-state index contributed by atoms with van der Waals surface area (Å²) in [5.41, 5.74) is 2.95. The molecule has 1 saturated heterocycles. The zero-order chi connectivity index (χ0) is 15.6. The summed E-state index contributed by atoms with van der Waals surface area (Å²) in [5, 5.41) is 13.6. The van der Waals surface area contributed by atoms with Crippen molar-refractivity contribution in [2.24, 2.45) is 5.92 Å². The van der Waals surface area contributed by atoms with Crippen molar-refractivity contribution in [3.63, 3.8) is 0 Å². The highest BCUT2D eigenvalue weighted by atomic mass is 16.3. The molecule has 3 aromatic rings. The van der Waals surface area contributed by atoms with Crippen molar-refractivity contribution < 1.29 is 5.11 Å². The number of rotatable bonds is 4. The molecule has 2 aromatic heterocycles. The van der Waals surface area contributed by atoms with Crippen molar-refractivity contribution in [3.8, 4) is 11.3 Å². The van der Waals surface area contributed by atoms with Crippen LogP contribution in [0.15, 0.2) is 48.7 Å². The summed E-state index contributed by atoms with van der Waals surface area (Å²) in [4.78, 5) is 7.08. The van der Waals surface area contributed by atoms with E-state index in [4.69, 9.17) is 10.1 Å². The third-order valence-electron chi connectivity index (χ3n) is 4.56. The summed E-state index contributed by atoms with van der Waals surface area (Å²) in [6, 6.07) is 14.3. The average Bonchev–Trinajstić information content (AvgIpc) is 3.24. The minimum absolute atomic E-state index is 0.265. The van der Waals surface area contributed by atoms with Gasteiger partial charge in [0.05, 0.1) is 11.9 Å². The zero-order valence-corrected chi connectivity index (χ0v) is 13.0. The molecule has 1 aliphatic heterocycles. The molecule has 0 saturated carbocycles. The van der Waals surface area contributed by atoms with Crippen molar-refractivity contribution in [2.75, 3.05) is 24.6 Å². The molecule has 0 spiro atoms. The second kappa shape index (κ2) is 6.01. The summed E-state index contributed by atoms with van der Waals surface area (Å²) in [6.07, 6.45) is 3.78. The van der Waals surface area contributed by atoms with Gasteiger partial charge in [-0.3, -0.25) is 0 Å². The Labute approximate surface area is 135 Å². The maximum absolute atomic E-state index is 9.17. The highest BCUT2D eigenvalue weighted by Crippen LogP contribution is 2.29. The predicted octanol–water partition coefficient (Wildman–Crippen LogP) is 2.61. The molecule has 23 heavy (non-hydrogen) atoms. The summed E-state index contributed by atoms with van der Waals surface area (Å²) < 4.78 is 1.91. The van der Waals surface area contributed by atoms with E-state index in [0.717, 1.165) is 48.7 Å². The maximum Gasteiger partial charge on any atom is 0.157 e. The fourth-order valence-electron chi connectivity index (χ4n) is 3.34. The molecular weight excluding hydrogens is 288 g/mol. The van der Waals surface area contributed by atoms with Crippen molar-refractivity contribution >= 4 is 11.5 Å². The monoisotopic (exact) mass is 308 g/mol. The lowest BCUT2D eigenvalue weighted by Gasteiger charge is -2.20. The van der Waals surface area contributed by atoms with Gasteiger partial charge in [0.2, 0.25) is 0 Å². The Balaban J connectivity index is 1.75. The first kappa shape index (κ1) is 14.2. The zero-order valence-electron chi connectivity index (χ0n) is 13.0. The topological polar surface area (TPSA) is 53.7 Å². The van der Waals surface area contributed by atoms with Crippen LogP contribution in [0.2, 0.25) is 0 Å². The van der Waals surface area contributed by atoms with Gasteiger partial charge in [-0.1, -0.05) is 30.3 Å². The van der Waals surface area contributed by atoms with Gasteiger partial charge >= 0.3 is 0 Å². The third kappa shape index (κ3) is 2.68. The van der Waals surface area contributed by atoms with E-state index in [1.807, 2.05) is 28.8 Å². The molecule has 3 heterocycles. The van der Waals surface area contributed by atoms with Crippen LogP contribution in [0.3, 0.4) is 0 Å². The minimum atomic E-state index is 0.265. The number of aliphatic hydroxyl groups excluding tert-OH is 1. The second-order valence-corrected chi connectivity index (χ2v) is 6.08. The van der Waals surface area contributed by atoms with Crippen molar-refractivity contribution in [1.29, 1.82) is 0 Å². The van der Waals surface area contributed by atoms with Crippen LogP contribution in [0.4, 0.5) is 5.82 Å². The Morgan fingerprint density at radius 2 is 2.04 bits per heavy atom. The van der Waals surface area contributed by atoms with Gasteiger partial charge in [0, 0.05) is 37.4 Å². The molecule has 1 atom stereocenters. The molecule has 1 unspecified atom stereocenters. The first-order valence-corrected chi connectivity index (χ1v) is 8.11. The van der Waals surface area contributed by atoms with Gasteiger partial charge < -0.3 is 10.0 Å². The summed E-state index contributed by atoms with van der Waals surface area (Å²) in [6.45, 7) is 2.23. The van der Waals surface area contributed by atoms with Crippen LogP contribution in [0.25, 0.3) is 16.9 Å². The summed E-state index contributed by atoms with van der Waals surface area (Å²) in [7, 11) is 0. The maximum atomic E-state index is 9.17. The molecule has 5 heteroatoms. The first-order valence-electron chi connectivity index (χ1n) is 8.11. The van der Waals surface area contributed by atoms with Gasteiger partial charge in [0.1, 0.15) is 5.82 Å². The lowest BCUT2D eigenvalue weighted by atomic mass is 10.1. The molecule has 1 aliphatic rings. The van der Waals surface area contributed by atoms with Gasteiger partial charge in [-0.2, -0.15) is 9.61 Å². The molecule has 0 aliphatic carbocycles. The summed E-state index contributed by atoms with van der Waals surface area (Å²) >= 11 is 0. The second-order valence-electron chi connectivity index (χ2n) is 6.08. The van der Waals surface area contributed by atoms with Gasteiger partial charge in [-0.15, -0.1) is 0 Å². The number of aliphatic hydroxyl groups is 1. The van der Waals surface area contributed by atoms with E-state index in [9.17, 15) is 0 Å². The number of hydrogen-bond acceptors (Lipinski definition) is 4. The Kier molecular flexibility index (Phi) is 3.71. The van der Waals surface area contributed by atoms with Gasteiger partial charge in [-0.05, 0) is 18.8 Å². The van der Waals surface area contributed by atoms with Crippen molar-refractivity contribution in [1.82, 2.24) is 14.6 Å². The van der Waals surface area contributed by atoms with Crippen LogP contribution in [-0.4, -0.2) is 39.4 Å². The highest BCUT2D eigenvalue weighted by molar-refractivity contribution is 5.67. The quantitative estimate of drug-likeness (QED) is 0.805. The normalized spacial score (nSPS) is 18.0. The number of fused-ring (bicyclic) bond motifs is 1. The largest absolute Gasteiger partial charge is 0.396 e. The average molecular weight is 308 g/mol.